The van der Waals surface area contributed by atoms with E-state index in [0.717, 1.165) is 36.9 Å². The molecule has 0 amide bonds. The van der Waals surface area contributed by atoms with E-state index in [4.69, 9.17) is 0 Å². The summed E-state index contributed by atoms with van der Waals surface area (Å²) in [6.07, 6.45) is 8.94. The molecule has 0 saturated heterocycles. The van der Waals surface area contributed by atoms with Crippen LogP contribution in [0.5, 0.6) is 0 Å². The van der Waals surface area contributed by atoms with Crippen molar-refractivity contribution in [3.8, 4) is 17.5 Å². The van der Waals surface area contributed by atoms with Crippen LogP contribution in [0.2, 0.25) is 0 Å². The molecule has 0 atom stereocenters. The van der Waals surface area contributed by atoms with E-state index in [2.05, 4.69) is 20.3 Å². The number of halogens is 1. The summed E-state index contributed by atoms with van der Waals surface area (Å²) in [6.45, 7) is 0. The predicted molar refractivity (Wildman–Crippen MR) is 115 cm³/mol. The number of anilines is 3. The largest absolute Gasteiger partial charge is 0.354 e. The maximum Gasteiger partial charge on any atom is 0.167 e. The van der Waals surface area contributed by atoms with Crippen LogP contribution in [0.3, 0.4) is 0 Å². The smallest absolute Gasteiger partial charge is 0.167 e. The van der Waals surface area contributed by atoms with Gasteiger partial charge in [0, 0.05) is 36.7 Å². The molecule has 0 aliphatic heterocycles. The van der Waals surface area contributed by atoms with Crippen molar-refractivity contribution in [2.24, 2.45) is 0 Å². The molecule has 4 rings (SSSR count). The van der Waals surface area contributed by atoms with Crippen molar-refractivity contribution >= 4 is 17.3 Å². The number of aromatic nitrogens is 3. The second kappa shape index (κ2) is 8.87. The van der Waals surface area contributed by atoms with E-state index < -0.39 is 5.82 Å². The Morgan fingerprint density at radius 2 is 1.87 bits per heavy atom. The number of hydrogen-bond acceptors (Lipinski definition) is 6. The number of benzene rings is 1. The summed E-state index contributed by atoms with van der Waals surface area (Å²) in [6, 6.07) is 12.9. The summed E-state index contributed by atoms with van der Waals surface area (Å²) in [4.78, 5) is 15.0. The molecule has 2 heterocycles. The lowest BCUT2D eigenvalue weighted by Crippen LogP contribution is -2.34. The number of nitrogens with zero attached hydrogens (tertiary/aromatic N) is 5. The molecular weight excluding hydrogens is 379 g/mol. The van der Waals surface area contributed by atoms with Crippen LogP contribution in [0, 0.1) is 17.1 Å². The highest BCUT2D eigenvalue weighted by Crippen LogP contribution is 2.30. The molecule has 1 N–H and O–H groups in total. The maximum absolute atomic E-state index is 14.7. The molecule has 2 aromatic heterocycles. The minimum Gasteiger partial charge on any atom is -0.354 e. The van der Waals surface area contributed by atoms with E-state index in [0.29, 0.717) is 11.6 Å². The zero-order valence-corrected chi connectivity index (χ0v) is 16.8. The molecule has 30 heavy (non-hydrogen) atoms. The number of rotatable bonds is 5. The van der Waals surface area contributed by atoms with E-state index >= 15 is 0 Å². The molecule has 1 aromatic carbocycles. The molecule has 152 valence electrons. The van der Waals surface area contributed by atoms with E-state index in [1.807, 2.05) is 42.3 Å². The Hall–Kier alpha value is -3.53. The van der Waals surface area contributed by atoms with Crippen molar-refractivity contribution in [1.29, 1.82) is 5.26 Å². The van der Waals surface area contributed by atoms with Gasteiger partial charge >= 0.3 is 0 Å². The SMILES string of the molecule is CN(c1nc(Nc2cccc(-c3ncccn3)c2)c(C#N)cc1F)C1CCCCC1. The Kier molecular flexibility index (Phi) is 5.84. The van der Waals surface area contributed by atoms with Crippen molar-refractivity contribution in [3.05, 3.63) is 60.2 Å². The van der Waals surface area contributed by atoms with Gasteiger partial charge in [-0.1, -0.05) is 31.4 Å². The normalized spacial score (nSPS) is 14.2. The van der Waals surface area contributed by atoms with Crippen LogP contribution < -0.4 is 10.2 Å². The first-order valence-electron chi connectivity index (χ1n) is 10.1. The number of pyridine rings is 1. The second-order valence-electron chi connectivity index (χ2n) is 7.48. The maximum atomic E-state index is 14.7. The van der Waals surface area contributed by atoms with Crippen LogP contribution in [-0.2, 0) is 0 Å². The molecule has 0 unspecified atom stereocenters. The highest BCUT2D eigenvalue weighted by molar-refractivity contribution is 5.69. The first-order valence-corrected chi connectivity index (χ1v) is 10.1. The van der Waals surface area contributed by atoms with Crippen molar-refractivity contribution in [1.82, 2.24) is 15.0 Å². The van der Waals surface area contributed by atoms with Crippen LogP contribution in [0.15, 0.2) is 48.8 Å². The lowest BCUT2D eigenvalue weighted by molar-refractivity contribution is 0.422. The van der Waals surface area contributed by atoms with Gasteiger partial charge in [-0.15, -0.1) is 0 Å². The molecule has 6 nitrogen and oxygen atoms in total. The fraction of sp³-hybridized carbons (Fsp3) is 0.304. The molecule has 1 fully saturated rings. The zero-order valence-electron chi connectivity index (χ0n) is 16.8. The van der Waals surface area contributed by atoms with Crippen LogP contribution in [0.1, 0.15) is 37.7 Å². The minimum atomic E-state index is -0.475. The van der Waals surface area contributed by atoms with E-state index in [1.165, 1.54) is 12.5 Å². The lowest BCUT2D eigenvalue weighted by Gasteiger charge is -2.32. The summed E-state index contributed by atoms with van der Waals surface area (Å²) >= 11 is 0. The third kappa shape index (κ3) is 4.23. The summed E-state index contributed by atoms with van der Waals surface area (Å²) in [7, 11) is 1.88. The quantitative estimate of drug-likeness (QED) is 0.643. The van der Waals surface area contributed by atoms with Gasteiger partial charge in [-0.3, -0.25) is 0 Å². The topological polar surface area (TPSA) is 77.7 Å². The van der Waals surface area contributed by atoms with Crippen molar-refractivity contribution < 1.29 is 4.39 Å². The lowest BCUT2D eigenvalue weighted by atomic mass is 9.94. The van der Waals surface area contributed by atoms with Crippen LogP contribution >= 0.6 is 0 Å². The Labute approximate surface area is 175 Å². The van der Waals surface area contributed by atoms with Crippen LogP contribution in [-0.4, -0.2) is 28.0 Å². The van der Waals surface area contributed by atoms with Crippen molar-refractivity contribution in [2.45, 2.75) is 38.1 Å². The minimum absolute atomic E-state index is 0.162. The Morgan fingerprint density at radius 3 is 2.60 bits per heavy atom. The third-order valence-corrected chi connectivity index (χ3v) is 5.48. The molecular formula is C23H23FN6. The average molecular weight is 402 g/mol. The van der Waals surface area contributed by atoms with E-state index in [9.17, 15) is 9.65 Å². The van der Waals surface area contributed by atoms with Gasteiger partial charge in [0.2, 0.25) is 0 Å². The summed E-state index contributed by atoms with van der Waals surface area (Å²) in [5.41, 5.74) is 1.72. The van der Waals surface area contributed by atoms with Gasteiger partial charge in [0.1, 0.15) is 6.07 Å². The van der Waals surface area contributed by atoms with Gasteiger partial charge in [-0.25, -0.2) is 19.3 Å². The van der Waals surface area contributed by atoms with Crippen LogP contribution in [0.4, 0.5) is 21.7 Å². The average Bonchev–Trinajstić information content (AvgIpc) is 2.81. The molecule has 7 heteroatoms. The summed E-state index contributed by atoms with van der Waals surface area (Å²) in [5.74, 6) is 0.733. The monoisotopic (exact) mass is 402 g/mol. The number of hydrogen-bond donors (Lipinski definition) is 1. The van der Waals surface area contributed by atoms with Gasteiger partial charge in [-0.05, 0) is 37.1 Å². The Bertz CT molecular complexity index is 1060. The van der Waals surface area contributed by atoms with E-state index in [-0.39, 0.29) is 17.4 Å². The zero-order chi connectivity index (χ0) is 20.9. The number of nitriles is 1. The Morgan fingerprint density at radius 1 is 1.10 bits per heavy atom. The van der Waals surface area contributed by atoms with Gasteiger partial charge in [-0.2, -0.15) is 5.26 Å². The van der Waals surface area contributed by atoms with Crippen molar-refractivity contribution in [3.63, 3.8) is 0 Å². The highest BCUT2D eigenvalue weighted by Gasteiger charge is 2.23. The highest BCUT2D eigenvalue weighted by atomic mass is 19.1. The Balaban J connectivity index is 1.65. The second-order valence-corrected chi connectivity index (χ2v) is 7.48. The van der Waals surface area contributed by atoms with Gasteiger partial charge in [0.25, 0.3) is 0 Å². The molecule has 3 aromatic rings. The molecule has 0 bridgehead atoms. The van der Waals surface area contributed by atoms with E-state index in [1.54, 1.807) is 18.5 Å². The molecule has 0 radical (unpaired) electrons. The van der Waals surface area contributed by atoms with Gasteiger partial charge in [0.15, 0.2) is 23.3 Å². The molecule has 1 aliphatic carbocycles. The third-order valence-electron chi connectivity index (χ3n) is 5.48. The fourth-order valence-corrected chi connectivity index (χ4v) is 3.87. The molecule has 0 spiro atoms. The predicted octanol–water partition coefficient (Wildman–Crippen LogP) is 5.06. The van der Waals surface area contributed by atoms with Crippen LogP contribution in [0.25, 0.3) is 11.4 Å². The number of nitrogens with one attached hydrogen (secondary N) is 1. The summed E-state index contributed by atoms with van der Waals surface area (Å²) < 4.78 is 14.7. The first kappa shape index (κ1) is 19.8. The fourth-order valence-electron chi connectivity index (χ4n) is 3.87. The molecule has 1 saturated carbocycles. The summed E-state index contributed by atoms with van der Waals surface area (Å²) in [5, 5.41) is 12.7. The standard InChI is InChI=1S/C23H23FN6/c1-30(19-9-3-2-4-10-19)23-20(24)14-17(15-25)22(29-23)28-18-8-5-7-16(13-18)21-26-11-6-12-27-21/h5-8,11-14,19H,2-4,9-10H2,1H3,(H,28,29). The molecule has 1 aliphatic rings. The van der Waals surface area contributed by atoms with Crippen molar-refractivity contribution in [2.75, 3.05) is 17.3 Å². The first-order chi connectivity index (χ1) is 14.7. The van der Waals surface area contributed by atoms with Gasteiger partial charge < -0.3 is 10.2 Å². The van der Waals surface area contributed by atoms with Gasteiger partial charge in [0.05, 0.1) is 5.56 Å².